The predicted molar refractivity (Wildman–Crippen MR) is 335 cm³/mol. The number of ether oxygens (including phenoxy) is 4. The first-order chi connectivity index (χ1) is 40.5. The van der Waals surface area contributed by atoms with E-state index in [1.165, 1.54) is 148 Å². The Kier molecular flexibility index (Phi) is 57.4. The van der Waals surface area contributed by atoms with Gasteiger partial charge in [0.15, 0.2) is 12.2 Å². The van der Waals surface area contributed by atoms with Crippen LogP contribution in [-0.4, -0.2) is 96.7 Å². The Morgan fingerprint density at radius 2 is 0.548 bits per heavy atom. The second kappa shape index (κ2) is 58.7. The number of hydrogen-bond acceptors (Lipinski definition) is 15. The zero-order valence-corrected chi connectivity index (χ0v) is 55.8. The zero-order chi connectivity index (χ0) is 62.0. The third-order valence-electron chi connectivity index (χ3n) is 15.0. The highest BCUT2D eigenvalue weighted by Gasteiger charge is 2.30. The molecule has 0 heterocycles. The Labute approximate surface area is 511 Å². The van der Waals surface area contributed by atoms with Crippen LogP contribution in [0.15, 0.2) is 0 Å². The molecule has 84 heavy (non-hydrogen) atoms. The van der Waals surface area contributed by atoms with Crippen LogP contribution >= 0.6 is 15.6 Å². The number of aliphatic hydroxyl groups is 1. The van der Waals surface area contributed by atoms with Crippen molar-refractivity contribution < 1.29 is 80.2 Å². The van der Waals surface area contributed by atoms with Crippen molar-refractivity contribution in [1.82, 2.24) is 0 Å². The molecule has 19 heteroatoms. The van der Waals surface area contributed by atoms with Crippen LogP contribution in [0.1, 0.15) is 330 Å². The van der Waals surface area contributed by atoms with Gasteiger partial charge in [-0.15, -0.1) is 0 Å². The van der Waals surface area contributed by atoms with E-state index in [4.69, 9.17) is 37.0 Å². The lowest BCUT2D eigenvalue weighted by Gasteiger charge is -2.21. The fourth-order valence-corrected chi connectivity index (χ4v) is 11.3. The first-order valence-corrected chi connectivity index (χ1v) is 37.1. The average Bonchev–Trinajstić information content (AvgIpc) is 3.65. The van der Waals surface area contributed by atoms with E-state index in [0.717, 1.165) is 102 Å². The predicted octanol–water partition coefficient (Wildman–Crippen LogP) is 18.2. The highest BCUT2D eigenvalue weighted by atomic mass is 31.2. The van der Waals surface area contributed by atoms with Crippen molar-refractivity contribution in [1.29, 1.82) is 0 Å². The van der Waals surface area contributed by atoms with Crippen LogP contribution in [0.25, 0.3) is 0 Å². The van der Waals surface area contributed by atoms with E-state index < -0.39 is 97.5 Å². The summed E-state index contributed by atoms with van der Waals surface area (Å²) >= 11 is 0. The van der Waals surface area contributed by atoms with E-state index in [1.54, 1.807) is 0 Å². The summed E-state index contributed by atoms with van der Waals surface area (Å²) in [5.41, 5.74) is 0. The maximum atomic E-state index is 13.0. The number of rotatable bonds is 65. The summed E-state index contributed by atoms with van der Waals surface area (Å²) in [5, 5.41) is 10.5. The molecular weight excluding hydrogens is 1110 g/mol. The second-order valence-electron chi connectivity index (χ2n) is 24.0. The van der Waals surface area contributed by atoms with Crippen LogP contribution in [-0.2, 0) is 65.4 Å². The third-order valence-corrected chi connectivity index (χ3v) is 16.9. The minimum absolute atomic E-state index is 0.107. The number of phosphoric acid groups is 2. The summed E-state index contributed by atoms with van der Waals surface area (Å²) in [6, 6.07) is 0. The molecule has 0 aliphatic heterocycles. The average molecular weight is 1240 g/mol. The summed E-state index contributed by atoms with van der Waals surface area (Å²) in [6.45, 7) is 7.18. The van der Waals surface area contributed by atoms with Crippen LogP contribution in [0.3, 0.4) is 0 Å². The summed E-state index contributed by atoms with van der Waals surface area (Å²) in [7, 11) is -9.88. The molecule has 0 bridgehead atoms. The third kappa shape index (κ3) is 59.0. The molecule has 3 N–H and O–H groups in total. The number of esters is 4. The Hall–Kier alpha value is -1.94. The fourth-order valence-electron chi connectivity index (χ4n) is 9.76. The van der Waals surface area contributed by atoms with Crippen molar-refractivity contribution in [3.8, 4) is 0 Å². The molecule has 0 saturated carbocycles. The molecule has 2 unspecified atom stereocenters. The van der Waals surface area contributed by atoms with Crippen LogP contribution in [0.2, 0.25) is 0 Å². The van der Waals surface area contributed by atoms with E-state index in [2.05, 4.69) is 34.6 Å². The molecule has 0 aromatic rings. The van der Waals surface area contributed by atoms with Crippen LogP contribution < -0.4 is 0 Å². The molecular formula is C65H126O17P2. The highest BCUT2D eigenvalue weighted by molar-refractivity contribution is 7.47. The molecule has 17 nitrogen and oxygen atoms in total. The van der Waals surface area contributed by atoms with Gasteiger partial charge in [0.1, 0.15) is 19.3 Å². The fraction of sp³-hybridized carbons (Fsp3) is 0.938. The quantitative estimate of drug-likeness (QED) is 0.0222. The van der Waals surface area contributed by atoms with Gasteiger partial charge in [-0.1, -0.05) is 279 Å². The van der Waals surface area contributed by atoms with Gasteiger partial charge in [0.2, 0.25) is 0 Å². The van der Waals surface area contributed by atoms with Crippen LogP contribution in [0.5, 0.6) is 0 Å². The number of carbonyl (C=O) groups excluding carboxylic acids is 4. The molecule has 0 aliphatic carbocycles. The van der Waals surface area contributed by atoms with Gasteiger partial charge in [-0.3, -0.25) is 37.3 Å². The highest BCUT2D eigenvalue weighted by Crippen LogP contribution is 2.45. The molecule has 0 aromatic heterocycles. The molecule has 0 rings (SSSR count). The molecule has 5 atom stereocenters. The summed E-state index contributed by atoms with van der Waals surface area (Å²) in [5.74, 6) is -1.37. The minimum atomic E-state index is -4.94. The molecule has 0 saturated heterocycles. The number of carbonyl (C=O) groups is 4. The van der Waals surface area contributed by atoms with E-state index in [9.17, 15) is 43.2 Å². The SMILES string of the molecule is CCCCCCCCCCCCCC(=O)OC[C@H](COP(=O)(O)OC[C@@H](O)COP(=O)(O)OC[C@@H](COC(=O)CCCCCCCCCC)OC(=O)CCCCCCCCCCCCC)OC(=O)CCCCCCCCCCCCCC(C)C. The van der Waals surface area contributed by atoms with Gasteiger partial charge in [0.25, 0.3) is 0 Å². The first-order valence-electron chi connectivity index (χ1n) is 34.1. The van der Waals surface area contributed by atoms with E-state index in [0.29, 0.717) is 25.7 Å². The lowest BCUT2D eigenvalue weighted by atomic mass is 10.0. The van der Waals surface area contributed by atoms with Crippen molar-refractivity contribution in [2.24, 2.45) is 5.92 Å². The molecule has 0 spiro atoms. The number of unbranched alkanes of at least 4 members (excludes halogenated alkanes) is 37. The van der Waals surface area contributed by atoms with E-state index >= 15 is 0 Å². The normalized spacial score (nSPS) is 14.2. The van der Waals surface area contributed by atoms with Gasteiger partial charge >= 0.3 is 39.5 Å². The zero-order valence-electron chi connectivity index (χ0n) is 54.0. The van der Waals surface area contributed by atoms with Crippen molar-refractivity contribution >= 4 is 39.5 Å². The summed E-state index contributed by atoms with van der Waals surface area (Å²) in [4.78, 5) is 72.2. The topological polar surface area (TPSA) is 237 Å². The Bertz CT molecular complexity index is 1640. The molecule has 498 valence electrons. The Balaban J connectivity index is 5.22. The maximum Gasteiger partial charge on any atom is 0.472 e. The number of hydrogen-bond donors (Lipinski definition) is 3. The van der Waals surface area contributed by atoms with Gasteiger partial charge in [0.05, 0.1) is 26.4 Å². The van der Waals surface area contributed by atoms with Gasteiger partial charge in [-0.05, 0) is 31.6 Å². The molecule has 0 amide bonds. The van der Waals surface area contributed by atoms with Gasteiger partial charge in [0, 0.05) is 25.7 Å². The lowest BCUT2D eigenvalue weighted by molar-refractivity contribution is -0.161. The largest absolute Gasteiger partial charge is 0.472 e. The van der Waals surface area contributed by atoms with Crippen molar-refractivity contribution in [3.63, 3.8) is 0 Å². The van der Waals surface area contributed by atoms with E-state index in [-0.39, 0.29) is 25.7 Å². The van der Waals surface area contributed by atoms with Crippen molar-refractivity contribution in [3.05, 3.63) is 0 Å². The standard InChI is InChI=1S/C65H126O17P2/c1-6-9-12-15-18-21-24-29-34-39-44-49-63(68)76-55-61(82-65(70)51-46-41-36-31-27-23-26-28-32-37-42-47-58(4)5)57-80-84(73,74)78-53-59(66)52-77-83(71,72)79-56-60(54-75-62(67)48-43-38-33-20-17-14-11-8-3)81-64(69)50-45-40-35-30-25-22-19-16-13-10-7-2/h58-61,66H,6-57H2,1-5H3,(H,71,72)(H,73,74)/t59-,60+,61+/m0/s1. The molecule has 0 aliphatic rings. The van der Waals surface area contributed by atoms with Crippen molar-refractivity contribution in [2.45, 2.75) is 348 Å². The molecule has 0 fully saturated rings. The van der Waals surface area contributed by atoms with E-state index in [1.807, 2.05) is 0 Å². The van der Waals surface area contributed by atoms with Crippen molar-refractivity contribution in [2.75, 3.05) is 39.6 Å². The maximum absolute atomic E-state index is 13.0. The second-order valence-corrected chi connectivity index (χ2v) is 26.9. The monoisotopic (exact) mass is 1240 g/mol. The van der Waals surface area contributed by atoms with Gasteiger partial charge < -0.3 is 33.8 Å². The number of aliphatic hydroxyl groups excluding tert-OH is 1. The lowest BCUT2D eigenvalue weighted by Crippen LogP contribution is -2.30. The van der Waals surface area contributed by atoms with Crippen LogP contribution in [0.4, 0.5) is 0 Å². The summed E-state index contributed by atoms with van der Waals surface area (Å²) < 4.78 is 68.0. The Morgan fingerprint density at radius 3 is 0.810 bits per heavy atom. The molecule has 0 radical (unpaired) electrons. The number of phosphoric ester groups is 2. The van der Waals surface area contributed by atoms with Gasteiger partial charge in [-0.25, -0.2) is 9.13 Å². The Morgan fingerprint density at radius 1 is 0.321 bits per heavy atom. The van der Waals surface area contributed by atoms with Gasteiger partial charge in [-0.2, -0.15) is 0 Å². The smallest absolute Gasteiger partial charge is 0.462 e. The first kappa shape index (κ1) is 82.1. The molecule has 0 aromatic carbocycles. The minimum Gasteiger partial charge on any atom is -0.462 e. The van der Waals surface area contributed by atoms with Crippen LogP contribution in [0, 0.1) is 5.92 Å². The summed E-state index contributed by atoms with van der Waals surface area (Å²) in [6.07, 6.45) is 42.9.